The lowest BCUT2D eigenvalue weighted by atomic mass is 9.76. The summed E-state index contributed by atoms with van der Waals surface area (Å²) in [7, 11) is 0. The Hall–Kier alpha value is -4.52. The van der Waals surface area contributed by atoms with E-state index in [-0.39, 0.29) is 6.42 Å². The van der Waals surface area contributed by atoms with Gasteiger partial charge in [-0.05, 0) is 48.2 Å². The van der Waals surface area contributed by atoms with Gasteiger partial charge < -0.3 is 9.84 Å². The van der Waals surface area contributed by atoms with Gasteiger partial charge in [0, 0.05) is 17.1 Å². The summed E-state index contributed by atoms with van der Waals surface area (Å²) in [6, 6.07) is 17.0. The van der Waals surface area contributed by atoms with Crippen LogP contribution in [0.3, 0.4) is 0 Å². The van der Waals surface area contributed by atoms with E-state index in [1.807, 2.05) is 36.4 Å². The molecule has 1 aliphatic rings. The number of unbranched alkanes of at least 4 members (excludes halogenated alkanes) is 3. The lowest BCUT2D eigenvalue weighted by Gasteiger charge is -2.27. The molecule has 2 aromatic rings. The first-order chi connectivity index (χ1) is 17.3. The van der Waals surface area contributed by atoms with Crippen LogP contribution in [0.2, 0.25) is 0 Å². The van der Waals surface area contributed by atoms with Gasteiger partial charge in [-0.1, -0.05) is 49.6 Å². The maximum atomic E-state index is 11.8. The predicted molar refractivity (Wildman–Crippen MR) is 130 cm³/mol. The SMILES string of the molecule is N#Cc1ccc(-c2ccc(OCCCCCCC3C([N+](=O)[O-])=CC=CC3(C(=O)O)[N+](=O)[O-])cc2)cc1. The van der Waals surface area contributed by atoms with E-state index in [0.717, 1.165) is 35.8 Å². The normalized spacial score (nSPS) is 18.6. The summed E-state index contributed by atoms with van der Waals surface area (Å²) in [6.45, 7) is 0.455. The summed E-state index contributed by atoms with van der Waals surface area (Å²) >= 11 is 0. The number of carbonyl (C=O) groups is 1. The molecular formula is C26H25N3O7. The first kappa shape index (κ1) is 26.1. The summed E-state index contributed by atoms with van der Waals surface area (Å²) in [4.78, 5) is 33.1. The van der Waals surface area contributed by atoms with E-state index in [1.54, 1.807) is 12.1 Å². The molecule has 2 unspecified atom stereocenters. The fourth-order valence-electron chi connectivity index (χ4n) is 4.27. The molecule has 0 amide bonds. The van der Waals surface area contributed by atoms with Crippen LogP contribution in [-0.4, -0.2) is 33.1 Å². The summed E-state index contributed by atoms with van der Waals surface area (Å²) in [5.41, 5.74) is -0.398. The molecule has 186 valence electrons. The minimum absolute atomic E-state index is 0.0160. The van der Waals surface area contributed by atoms with Crippen molar-refractivity contribution in [2.75, 3.05) is 6.61 Å². The molecule has 0 heterocycles. The van der Waals surface area contributed by atoms with Crippen molar-refractivity contribution < 1.29 is 24.5 Å². The highest BCUT2D eigenvalue weighted by atomic mass is 16.6. The topological polar surface area (TPSA) is 157 Å². The quantitative estimate of drug-likeness (QED) is 0.247. The highest BCUT2D eigenvalue weighted by Crippen LogP contribution is 2.37. The van der Waals surface area contributed by atoms with Crippen LogP contribution in [0.4, 0.5) is 0 Å². The highest BCUT2D eigenvalue weighted by molar-refractivity contribution is 5.81. The number of carboxylic acids is 1. The van der Waals surface area contributed by atoms with E-state index in [2.05, 4.69) is 6.07 Å². The Morgan fingerprint density at radius 3 is 2.17 bits per heavy atom. The monoisotopic (exact) mass is 491 g/mol. The Bertz CT molecular complexity index is 1200. The van der Waals surface area contributed by atoms with Crippen molar-refractivity contribution in [1.29, 1.82) is 5.26 Å². The second-order valence-electron chi connectivity index (χ2n) is 8.41. The molecule has 2 atom stereocenters. The molecule has 1 N–H and O–H groups in total. The van der Waals surface area contributed by atoms with Crippen molar-refractivity contribution in [1.82, 2.24) is 0 Å². The molecule has 1 aliphatic carbocycles. The van der Waals surface area contributed by atoms with E-state index in [4.69, 9.17) is 10.00 Å². The molecule has 0 bridgehead atoms. The van der Waals surface area contributed by atoms with Gasteiger partial charge >= 0.3 is 11.5 Å². The Morgan fingerprint density at radius 1 is 1.00 bits per heavy atom. The molecule has 10 heteroatoms. The number of aliphatic carboxylic acids is 1. The van der Waals surface area contributed by atoms with Crippen LogP contribution in [0, 0.1) is 37.5 Å². The Morgan fingerprint density at radius 2 is 1.61 bits per heavy atom. The second kappa shape index (κ2) is 11.8. The minimum atomic E-state index is -2.54. The first-order valence-electron chi connectivity index (χ1n) is 11.4. The van der Waals surface area contributed by atoms with Crippen LogP contribution in [0.5, 0.6) is 5.75 Å². The second-order valence-corrected chi connectivity index (χ2v) is 8.41. The molecule has 0 fully saturated rings. The average molecular weight is 492 g/mol. The Kier molecular flexibility index (Phi) is 8.52. The van der Waals surface area contributed by atoms with Gasteiger partial charge in [0.25, 0.3) is 5.70 Å². The van der Waals surface area contributed by atoms with Gasteiger partial charge in [0.05, 0.1) is 23.2 Å². The lowest BCUT2D eigenvalue weighted by Crippen LogP contribution is -2.53. The van der Waals surface area contributed by atoms with Crippen molar-refractivity contribution in [2.24, 2.45) is 5.92 Å². The van der Waals surface area contributed by atoms with Gasteiger partial charge in [-0.3, -0.25) is 20.2 Å². The minimum Gasteiger partial charge on any atom is -0.494 e. The summed E-state index contributed by atoms with van der Waals surface area (Å²) < 4.78 is 5.76. The third-order valence-corrected chi connectivity index (χ3v) is 6.22. The van der Waals surface area contributed by atoms with E-state index in [9.17, 15) is 30.1 Å². The van der Waals surface area contributed by atoms with Crippen molar-refractivity contribution in [3.8, 4) is 22.9 Å². The standard InChI is InChI=1S/C26H25N3O7/c27-18-19-8-10-20(11-9-19)21-12-14-22(15-13-21)36-17-4-2-1-3-6-23-24(28(32)33)7-5-16-26(23,25(30)31)29(34)35/h5,7-16,23H,1-4,6,17H2,(H,30,31). The van der Waals surface area contributed by atoms with E-state index in [0.29, 0.717) is 37.2 Å². The summed E-state index contributed by atoms with van der Waals surface area (Å²) in [6.07, 6.45) is 5.61. The van der Waals surface area contributed by atoms with E-state index >= 15 is 0 Å². The zero-order valence-corrected chi connectivity index (χ0v) is 19.4. The number of nitro groups is 2. The molecule has 0 radical (unpaired) electrons. The molecule has 36 heavy (non-hydrogen) atoms. The van der Waals surface area contributed by atoms with Crippen LogP contribution in [0.1, 0.15) is 37.7 Å². The van der Waals surface area contributed by atoms with Crippen LogP contribution >= 0.6 is 0 Å². The zero-order chi connectivity index (χ0) is 26.1. The highest BCUT2D eigenvalue weighted by Gasteiger charge is 2.61. The van der Waals surface area contributed by atoms with Crippen molar-refractivity contribution in [3.05, 3.63) is 98.2 Å². The maximum Gasteiger partial charge on any atom is 0.387 e. The van der Waals surface area contributed by atoms with E-state index < -0.39 is 33.0 Å². The number of carboxylic acid groups (broad SMARTS) is 1. The number of nitrogens with zero attached hydrogens (tertiary/aromatic N) is 3. The fraction of sp³-hybridized carbons (Fsp3) is 0.308. The smallest absolute Gasteiger partial charge is 0.387 e. The number of nitriles is 1. The van der Waals surface area contributed by atoms with Gasteiger partial charge in [-0.15, -0.1) is 0 Å². The van der Waals surface area contributed by atoms with Gasteiger partial charge in [-0.2, -0.15) is 5.26 Å². The first-order valence-corrected chi connectivity index (χ1v) is 11.4. The fourth-order valence-corrected chi connectivity index (χ4v) is 4.27. The van der Waals surface area contributed by atoms with Gasteiger partial charge in [0.15, 0.2) is 0 Å². The molecular weight excluding hydrogens is 466 g/mol. The number of hydrogen-bond donors (Lipinski definition) is 1. The molecule has 0 spiro atoms. The van der Waals surface area contributed by atoms with Gasteiger partial charge in [0.2, 0.25) is 0 Å². The van der Waals surface area contributed by atoms with Gasteiger partial charge in [-0.25, -0.2) is 4.79 Å². The number of benzene rings is 2. The van der Waals surface area contributed by atoms with Crippen LogP contribution in [0.25, 0.3) is 11.1 Å². The van der Waals surface area contributed by atoms with Crippen LogP contribution in [0.15, 0.2) is 72.5 Å². The average Bonchev–Trinajstić information content (AvgIpc) is 2.88. The maximum absolute atomic E-state index is 11.8. The lowest BCUT2D eigenvalue weighted by molar-refractivity contribution is -0.559. The number of allylic oxidation sites excluding steroid dienone is 2. The number of ether oxygens (including phenoxy) is 1. The van der Waals surface area contributed by atoms with Crippen molar-refractivity contribution in [3.63, 3.8) is 0 Å². The van der Waals surface area contributed by atoms with Crippen molar-refractivity contribution >= 4 is 5.97 Å². The molecule has 0 saturated carbocycles. The number of hydrogen-bond acceptors (Lipinski definition) is 7. The molecule has 0 saturated heterocycles. The summed E-state index contributed by atoms with van der Waals surface area (Å²) in [5.74, 6) is -2.35. The van der Waals surface area contributed by atoms with E-state index in [1.165, 1.54) is 0 Å². The third kappa shape index (κ3) is 5.75. The largest absolute Gasteiger partial charge is 0.494 e. The number of rotatable bonds is 12. The molecule has 3 rings (SSSR count). The molecule has 0 aliphatic heterocycles. The van der Waals surface area contributed by atoms with Crippen LogP contribution in [-0.2, 0) is 4.79 Å². The molecule has 10 nitrogen and oxygen atoms in total. The zero-order valence-electron chi connectivity index (χ0n) is 19.4. The summed E-state index contributed by atoms with van der Waals surface area (Å²) in [5, 5.41) is 41.5. The van der Waals surface area contributed by atoms with Gasteiger partial charge in [0.1, 0.15) is 11.7 Å². The predicted octanol–water partition coefficient (Wildman–Crippen LogP) is 5.00. The Balaban J connectivity index is 1.46. The van der Waals surface area contributed by atoms with Crippen LogP contribution < -0.4 is 4.74 Å². The third-order valence-electron chi connectivity index (χ3n) is 6.22. The molecule has 0 aromatic heterocycles. The van der Waals surface area contributed by atoms with Crippen molar-refractivity contribution in [2.45, 2.75) is 37.6 Å². The molecule has 2 aromatic carbocycles. The Labute approximate surface area is 207 Å².